The number of nitrogens with one attached hydrogen (secondary N) is 1. The van der Waals surface area contributed by atoms with E-state index in [9.17, 15) is 0 Å². The van der Waals surface area contributed by atoms with Crippen molar-refractivity contribution in [3.63, 3.8) is 0 Å². The molecule has 18 heavy (non-hydrogen) atoms. The van der Waals surface area contributed by atoms with Crippen molar-refractivity contribution in [3.8, 4) is 0 Å². The third-order valence-electron chi connectivity index (χ3n) is 2.99. The number of hydrogen-bond donors (Lipinski definition) is 1. The van der Waals surface area contributed by atoms with Crippen LogP contribution >= 0.6 is 0 Å². The van der Waals surface area contributed by atoms with Crippen LogP contribution in [0.1, 0.15) is 31.4 Å². The van der Waals surface area contributed by atoms with Gasteiger partial charge in [-0.25, -0.2) is 0 Å². The molecule has 0 bridgehead atoms. The monoisotopic (exact) mass is 241 g/mol. The molecule has 0 saturated heterocycles. The lowest BCUT2D eigenvalue weighted by atomic mass is 10.1. The minimum atomic E-state index is 0.404. The second-order valence-corrected chi connectivity index (χ2v) is 4.37. The smallest absolute Gasteiger partial charge is 0.0291 e. The summed E-state index contributed by atoms with van der Waals surface area (Å²) in [5.74, 6) is 0. The van der Waals surface area contributed by atoms with Gasteiger partial charge >= 0.3 is 0 Å². The highest BCUT2D eigenvalue weighted by Crippen LogP contribution is 2.12. The molecule has 1 nitrogen and oxygen atoms in total. The van der Waals surface area contributed by atoms with E-state index in [1.54, 1.807) is 0 Å². The van der Waals surface area contributed by atoms with Crippen LogP contribution < -0.4 is 5.32 Å². The van der Waals surface area contributed by atoms with Crippen LogP contribution in [0, 0.1) is 0 Å². The van der Waals surface area contributed by atoms with Crippen LogP contribution in [-0.2, 0) is 0 Å². The zero-order valence-electron chi connectivity index (χ0n) is 11.2. The number of hydrogen-bond acceptors (Lipinski definition) is 1. The van der Waals surface area contributed by atoms with Gasteiger partial charge in [0.05, 0.1) is 0 Å². The second kappa shape index (κ2) is 8.48. The van der Waals surface area contributed by atoms with Crippen molar-refractivity contribution in [1.29, 1.82) is 0 Å². The largest absolute Gasteiger partial charge is 0.310 e. The summed E-state index contributed by atoms with van der Waals surface area (Å²) >= 11 is 0. The first kappa shape index (κ1) is 14.5. The number of benzene rings is 1. The van der Waals surface area contributed by atoms with Gasteiger partial charge in [-0.2, -0.15) is 0 Å². The Morgan fingerprint density at radius 2 is 2.00 bits per heavy atom. The molecule has 1 rings (SSSR count). The van der Waals surface area contributed by atoms with Crippen LogP contribution in [-0.4, -0.2) is 6.54 Å². The zero-order valence-corrected chi connectivity index (χ0v) is 11.2. The first-order valence-corrected chi connectivity index (χ1v) is 6.50. The van der Waals surface area contributed by atoms with E-state index >= 15 is 0 Å². The lowest BCUT2D eigenvalue weighted by Gasteiger charge is -2.14. The lowest BCUT2D eigenvalue weighted by Crippen LogP contribution is -2.19. The summed E-state index contributed by atoms with van der Waals surface area (Å²) in [6.07, 6.45) is 7.90. The minimum Gasteiger partial charge on any atom is -0.310 e. The van der Waals surface area contributed by atoms with E-state index < -0.39 is 0 Å². The van der Waals surface area contributed by atoms with Crippen molar-refractivity contribution in [1.82, 2.24) is 5.32 Å². The van der Waals surface area contributed by atoms with Crippen molar-refractivity contribution < 1.29 is 0 Å². The molecule has 0 aliphatic rings. The molecule has 0 aliphatic carbocycles. The van der Waals surface area contributed by atoms with Crippen LogP contribution in [0.3, 0.4) is 0 Å². The Bertz CT molecular complexity index is 389. The van der Waals surface area contributed by atoms with Gasteiger partial charge < -0.3 is 5.32 Å². The third kappa shape index (κ3) is 5.15. The van der Waals surface area contributed by atoms with E-state index in [0.717, 1.165) is 19.4 Å². The van der Waals surface area contributed by atoms with Crippen LogP contribution in [0.5, 0.6) is 0 Å². The molecule has 0 aromatic heterocycles. The van der Waals surface area contributed by atoms with Gasteiger partial charge in [-0.3, -0.25) is 0 Å². The molecule has 1 unspecified atom stereocenters. The first-order chi connectivity index (χ1) is 8.77. The predicted molar refractivity (Wildman–Crippen MR) is 80.6 cm³/mol. The Kier molecular flexibility index (Phi) is 6.82. The lowest BCUT2D eigenvalue weighted by molar-refractivity contribution is 0.559. The second-order valence-electron chi connectivity index (χ2n) is 4.37. The Labute approximate surface area is 111 Å². The Balaban J connectivity index is 2.28. The van der Waals surface area contributed by atoms with E-state index in [4.69, 9.17) is 0 Å². The molecule has 0 saturated carbocycles. The molecule has 1 aromatic carbocycles. The molecule has 0 amide bonds. The fourth-order valence-corrected chi connectivity index (χ4v) is 1.88. The standard InChI is InChI=1S/C17H23N/c1-4-10-16(5-2)11-9-14-18-15(3)17-12-7-6-8-13-17/h4-8,10,12-13,15,18H,1-2,9,11,14H2,3H3/b16-10+. The molecule has 1 N–H and O–H groups in total. The van der Waals surface area contributed by atoms with E-state index in [2.05, 4.69) is 49.7 Å². The topological polar surface area (TPSA) is 12.0 Å². The molecule has 96 valence electrons. The summed E-state index contributed by atoms with van der Waals surface area (Å²) in [7, 11) is 0. The first-order valence-electron chi connectivity index (χ1n) is 6.50. The van der Waals surface area contributed by atoms with Gasteiger partial charge in [0.15, 0.2) is 0 Å². The van der Waals surface area contributed by atoms with Crippen LogP contribution in [0.2, 0.25) is 0 Å². The fraction of sp³-hybridized carbons (Fsp3) is 0.294. The third-order valence-corrected chi connectivity index (χ3v) is 2.99. The van der Waals surface area contributed by atoms with Crippen LogP contribution in [0.15, 0.2) is 67.3 Å². The van der Waals surface area contributed by atoms with Crippen molar-refractivity contribution in [2.75, 3.05) is 6.54 Å². The van der Waals surface area contributed by atoms with Gasteiger partial charge in [0.2, 0.25) is 0 Å². The maximum atomic E-state index is 3.80. The van der Waals surface area contributed by atoms with Crippen LogP contribution in [0.25, 0.3) is 0 Å². The summed E-state index contributed by atoms with van der Waals surface area (Å²) in [6, 6.07) is 10.9. The van der Waals surface area contributed by atoms with E-state index in [-0.39, 0.29) is 0 Å². The van der Waals surface area contributed by atoms with E-state index in [0.29, 0.717) is 6.04 Å². The van der Waals surface area contributed by atoms with Gasteiger partial charge in [-0.1, -0.05) is 61.7 Å². The summed E-state index contributed by atoms with van der Waals surface area (Å²) in [5, 5.41) is 3.53. The molecule has 0 aliphatic heterocycles. The van der Waals surface area contributed by atoms with Gasteiger partial charge in [-0.15, -0.1) is 0 Å². The maximum absolute atomic E-state index is 3.80. The van der Waals surface area contributed by atoms with Gasteiger partial charge in [0, 0.05) is 6.04 Å². The SMILES string of the molecule is C=C/C=C(\C=C)CCCNC(C)c1ccccc1. The van der Waals surface area contributed by atoms with Gasteiger partial charge in [0.1, 0.15) is 0 Å². The Hall–Kier alpha value is -1.60. The molecular weight excluding hydrogens is 218 g/mol. The molecule has 0 spiro atoms. The summed E-state index contributed by atoms with van der Waals surface area (Å²) < 4.78 is 0. The highest BCUT2D eigenvalue weighted by atomic mass is 14.9. The molecule has 1 aromatic rings. The average molecular weight is 241 g/mol. The molecule has 1 atom stereocenters. The number of rotatable bonds is 8. The number of allylic oxidation sites excluding steroid dienone is 4. The zero-order chi connectivity index (χ0) is 13.2. The molecular formula is C17H23N. The molecule has 0 heterocycles. The van der Waals surface area contributed by atoms with Crippen molar-refractivity contribution >= 4 is 0 Å². The Morgan fingerprint density at radius 3 is 2.61 bits per heavy atom. The van der Waals surface area contributed by atoms with Gasteiger partial charge in [0.25, 0.3) is 0 Å². The van der Waals surface area contributed by atoms with Crippen molar-refractivity contribution in [2.45, 2.75) is 25.8 Å². The van der Waals surface area contributed by atoms with E-state index in [1.807, 2.05) is 24.3 Å². The molecule has 0 fully saturated rings. The highest BCUT2D eigenvalue weighted by molar-refractivity contribution is 5.21. The van der Waals surface area contributed by atoms with Crippen LogP contribution in [0.4, 0.5) is 0 Å². The predicted octanol–water partition coefficient (Wildman–Crippen LogP) is 4.42. The summed E-state index contributed by atoms with van der Waals surface area (Å²) in [4.78, 5) is 0. The van der Waals surface area contributed by atoms with Gasteiger partial charge in [-0.05, 0) is 37.4 Å². The quantitative estimate of drug-likeness (QED) is 0.525. The maximum Gasteiger partial charge on any atom is 0.0291 e. The van der Waals surface area contributed by atoms with E-state index in [1.165, 1.54) is 11.1 Å². The Morgan fingerprint density at radius 1 is 1.28 bits per heavy atom. The molecule has 1 heteroatoms. The van der Waals surface area contributed by atoms with Crippen molar-refractivity contribution in [2.24, 2.45) is 0 Å². The molecule has 0 radical (unpaired) electrons. The average Bonchev–Trinajstić information content (AvgIpc) is 2.43. The minimum absolute atomic E-state index is 0.404. The van der Waals surface area contributed by atoms with Crippen molar-refractivity contribution in [3.05, 3.63) is 72.9 Å². The summed E-state index contributed by atoms with van der Waals surface area (Å²) in [5.41, 5.74) is 2.59. The fourth-order valence-electron chi connectivity index (χ4n) is 1.88. The normalized spacial score (nSPS) is 13.1. The highest BCUT2D eigenvalue weighted by Gasteiger charge is 2.02. The summed E-state index contributed by atoms with van der Waals surface area (Å²) in [6.45, 7) is 10.7.